The molecule has 1 fully saturated rings. The minimum absolute atomic E-state index is 0.101. The smallest absolute Gasteiger partial charge is 0.137 e. The van der Waals surface area contributed by atoms with E-state index in [0.717, 1.165) is 12.8 Å². The van der Waals surface area contributed by atoms with Gasteiger partial charge in [-0.3, -0.25) is 0 Å². The van der Waals surface area contributed by atoms with Crippen LogP contribution >= 0.6 is 15.9 Å². The molecule has 0 amide bonds. The number of nitrogens with one attached hydrogen (secondary N) is 1. The number of halogens is 3. The van der Waals surface area contributed by atoms with Crippen molar-refractivity contribution in [2.75, 3.05) is 13.7 Å². The lowest BCUT2D eigenvalue weighted by Crippen LogP contribution is -2.31. The summed E-state index contributed by atoms with van der Waals surface area (Å²) in [5.74, 6) is -0.664. The van der Waals surface area contributed by atoms with Crippen LogP contribution in [0.2, 0.25) is 0 Å². The Labute approximate surface area is 120 Å². The molecule has 0 spiro atoms. The lowest BCUT2D eigenvalue weighted by molar-refractivity contribution is 0.0778. The Morgan fingerprint density at radius 3 is 2.79 bits per heavy atom. The van der Waals surface area contributed by atoms with Gasteiger partial charge in [0.25, 0.3) is 0 Å². The van der Waals surface area contributed by atoms with E-state index in [9.17, 15) is 8.78 Å². The van der Waals surface area contributed by atoms with Crippen molar-refractivity contribution in [3.05, 3.63) is 33.8 Å². The summed E-state index contributed by atoms with van der Waals surface area (Å²) in [6, 6.07) is 2.23. The summed E-state index contributed by atoms with van der Waals surface area (Å²) >= 11 is 3.00. The Morgan fingerprint density at radius 2 is 2.16 bits per heavy atom. The van der Waals surface area contributed by atoms with Crippen molar-refractivity contribution in [2.45, 2.75) is 31.9 Å². The average molecular weight is 334 g/mol. The Kier molecular flexibility index (Phi) is 4.92. The van der Waals surface area contributed by atoms with Crippen molar-refractivity contribution in [3.8, 4) is 0 Å². The molecule has 1 aromatic rings. The van der Waals surface area contributed by atoms with Gasteiger partial charge in [-0.25, -0.2) is 8.78 Å². The Morgan fingerprint density at radius 1 is 1.42 bits per heavy atom. The lowest BCUT2D eigenvalue weighted by Gasteiger charge is -2.27. The fourth-order valence-corrected chi connectivity index (χ4v) is 3.16. The third-order valence-corrected chi connectivity index (χ3v) is 4.38. The van der Waals surface area contributed by atoms with Crippen LogP contribution in [0, 0.1) is 17.6 Å². The number of ether oxygens (including phenoxy) is 1. The van der Waals surface area contributed by atoms with Gasteiger partial charge >= 0.3 is 0 Å². The molecule has 0 bridgehead atoms. The second kappa shape index (κ2) is 6.29. The maximum absolute atomic E-state index is 14.1. The van der Waals surface area contributed by atoms with Crippen molar-refractivity contribution < 1.29 is 13.5 Å². The molecule has 1 N–H and O–H groups in total. The highest BCUT2D eigenvalue weighted by molar-refractivity contribution is 9.10. The first kappa shape index (κ1) is 14.9. The monoisotopic (exact) mass is 333 g/mol. The molecule has 19 heavy (non-hydrogen) atoms. The topological polar surface area (TPSA) is 21.3 Å². The molecular weight excluding hydrogens is 316 g/mol. The van der Waals surface area contributed by atoms with E-state index in [1.807, 2.05) is 6.92 Å². The first-order valence-corrected chi connectivity index (χ1v) is 7.31. The summed E-state index contributed by atoms with van der Waals surface area (Å²) < 4.78 is 33.5. The number of hydrogen-bond donors (Lipinski definition) is 1. The molecule has 0 aliphatic carbocycles. The van der Waals surface area contributed by atoms with Crippen LogP contribution in [-0.2, 0) is 4.74 Å². The van der Waals surface area contributed by atoms with Gasteiger partial charge in [0.05, 0.1) is 10.6 Å². The van der Waals surface area contributed by atoms with Crippen LogP contribution < -0.4 is 5.32 Å². The number of benzene rings is 1. The highest BCUT2D eigenvalue weighted by atomic mass is 79.9. The van der Waals surface area contributed by atoms with Crippen LogP contribution in [-0.4, -0.2) is 19.8 Å². The molecule has 2 rings (SSSR count). The highest BCUT2D eigenvalue weighted by Crippen LogP contribution is 2.36. The SMILES string of the molecule is CCC1OCCC1C(NC)c1cc(F)c(Br)cc1F. The summed E-state index contributed by atoms with van der Waals surface area (Å²) in [6.07, 6.45) is 1.84. The van der Waals surface area contributed by atoms with Crippen LogP contribution in [0.3, 0.4) is 0 Å². The first-order valence-electron chi connectivity index (χ1n) is 6.51. The first-order chi connectivity index (χ1) is 9.08. The highest BCUT2D eigenvalue weighted by Gasteiger charge is 2.35. The van der Waals surface area contributed by atoms with E-state index in [1.165, 1.54) is 12.1 Å². The molecule has 1 heterocycles. The molecule has 0 aromatic heterocycles. The molecule has 1 aliphatic rings. The van der Waals surface area contributed by atoms with Crippen molar-refractivity contribution in [3.63, 3.8) is 0 Å². The molecule has 1 aromatic carbocycles. The molecular formula is C14H18BrF2NO. The summed E-state index contributed by atoms with van der Waals surface area (Å²) in [6.45, 7) is 2.73. The predicted octanol–water partition coefficient (Wildman–Crippen LogP) is 3.80. The zero-order valence-electron chi connectivity index (χ0n) is 11.1. The third kappa shape index (κ3) is 2.98. The molecule has 1 aliphatic heterocycles. The molecule has 3 unspecified atom stereocenters. The van der Waals surface area contributed by atoms with Crippen LogP contribution in [0.25, 0.3) is 0 Å². The molecule has 106 valence electrons. The van der Waals surface area contributed by atoms with Gasteiger partial charge < -0.3 is 10.1 Å². The molecule has 0 radical (unpaired) electrons. The van der Waals surface area contributed by atoms with Crippen LogP contribution in [0.4, 0.5) is 8.78 Å². The summed E-state index contributed by atoms with van der Waals surface area (Å²) in [5.41, 5.74) is 0.372. The summed E-state index contributed by atoms with van der Waals surface area (Å²) in [5, 5.41) is 3.11. The third-order valence-electron chi connectivity index (χ3n) is 3.78. The standard InChI is InChI=1S/C14H18BrF2NO/c1-3-13-8(4-5-19-13)14(18-2)9-6-12(17)10(15)7-11(9)16/h6-8,13-14,18H,3-5H2,1-2H3. The van der Waals surface area contributed by atoms with Gasteiger partial charge in [-0.05, 0) is 48.0 Å². The van der Waals surface area contributed by atoms with E-state index >= 15 is 0 Å². The zero-order valence-corrected chi connectivity index (χ0v) is 12.6. The van der Waals surface area contributed by atoms with E-state index < -0.39 is 11.6 Å². The lowest BCUT2D eigenvalue weighted by atomic mass is 9.86. The fraction of sp³-hybridized carbons (Fsp3) is 0.571. The minimum Gasteiger partial charge on any atom is -0.378 e. The molecule has 2 nitrogen and oxygen atoms in total. The summed E-state index contributed by atoms with van der Waals surface area (Å²) in [4.78, 5) is 0. The van der Waals surface area contributed by atoms with Gasteiger partial charge in [0, 0.05) is 24.1 Å². The van der Waals surface area contributed by atoms with E-state index in [4.69, 9.17) is 4.74 Å². The maximum Gasteiger partial charge on any atom is 0.137 e. The van der Waals surface area contributed by atoms with Crippen molar-refractivity contribution in [1.29, 1.82) is 0 Å². The van der Waals surface area contributed by atoms with Crippen molar-refractivity contribution >= 4 is 15.9 Å². The Bertz CT molecular complexity index is 455. The van der Waals surface area contributed by atoms with Gasteiger partial charge in [-0.2, -0.15) is 0 Å². The van der Waals surface area contributed by atoms with Gasteiger partial charge in [-0.1, -0.05) is 6.92 Å². The van der Waals surface area contributed by atoms with Gasteiger partial charge in [0.1, 0.15) is 11.6 Å². The largest absolute Gasteiger partial charge is 0.378 e. The molecule has 1 saturated heterocycles. The number of hydrogen-bond acceptors (Lipinski definition) is 2. The van der Waals surface area contributed by atoms with E-state index in [2.05, 4.69) is 21.2 Å². The van der Waals surface area contributed by atoms with E-state index in [0.29, 0.717) is 12.2 Å². The average Bonchev–Trinajstić information content (AvgIpc) is 2.84. The second-order valence-electron chi connectivity index (χ2n) is 4.82. The predicted molar refractivity (Wildman–Crippen MR) is 74.0 cm³/mol. The molecule has 0 saturated carbocycles. The second-order valence-corrected chi connectivity index (χ2v) is 5.68. The van der Waals surface area contributed by atoms with Crippen LogP contribution in [0.1, 0.15) is 31.4 Å². The van der Waals surface area contributed by atoms with Gasteiger partial charge in [0.2, 0.25) is 0 Å². The number of rotatable bonds is 4. The van der Waals surface area contributed by atoms with E-state index in [-0.39, 0.29) is 22.5 Å². The Balaban J connectivity index is 2.34. The van der Waals surface area contributed by atoms with Gasteiger partial charge in [-0.15, -0.1) is 0 Å². The van der Waals surface area contributed by atoms with Crippen molar-refractivity contribution in [1.82, 2.24) is 5.32 Å². The zero-order chi connectivity index (χ0) is 14.0. The van der Waals surface area contributed by atoms with Crippen molar-refractivity contribution in [2.24, 2.45) is 5.92 Å². The summed E-state index contributed by atoms with van der Waals surface area (Å²) in [7, 11) is 1.77. The Hall–Kier alpha value is -0.520. The van der Waals surface area contributed by atoms with Crippen LogP contribution in [0.5, 0.6) is 0 Å². The molecule has 5 heteroatoms. The quantitative estimate of drug-likeness (QED) is 0.846. The van der Waals surface area contributed by atoms with Crippen LogP contribution in [0.15, 0.2) is 16.6 Å². The maximum atomic E-state index is 14.1. The normalized spacial score (nSPS) is 24.7. The molecule has 3 atom stereocenters. The fourth-order valence-electron chi connectivity index (χ4n) is 2.84. The van der Waals surface area contributed by atoms with Gasteiger partial charge in [0.15, 0.2) is 0 Å². The van der Waals surface area contributed by atoms with E-state index in [1.54, 1.807) is 7.05 Å². The minimum atomic E-state index is -0.441.